The molecule has 166 valence electrons. The van der Waals surface area contributed by atoms with Gasteiger partial charge in [-0.2, -0.15) is 0 Å². The summed E-state index contributed by atoms with van der Waals surface area (Å²) in [6.07, 6.45) is 2.37. The Morgan fingerprint density at radius 2 is 2.00 bits per heavy atom. The molecular weight excluding hydrogens is 426 g/mol. The van der Waals surface area contributed by atoms with Crippen molar-refractivity contribution < 1.29 is 14.3 Å². The highest BCUT2D eigenvalue weighted by molar-refractivity contribution is 7.18. The molecule has 1 atom stereocenters. The number of aliphatic hydroxyl groups is 1. The summed E-state index contributed by atoms with van der Waals surface area (Å²) in [5, 5.41) is 16.6. The molecule has 8 heteroatoms. The Morgan fingerprint density at radius 1 is 1.22 bits per heavy atom. The number of nitrogens with one attached hydrogen (secondary N) is 2. The number of hydrogen-bond donors (Lipinski definition) is 3. The fraction of sp³-hybridized carbons (Fsp3) is 0.250. The number of thiophene rings is 1. The van der Waals surface area contributed by atoms with Crippen molar-refractivity contribution in [2.75, 3.05) is 6.54 Å². The van der Waals surface area contributed by atoms with Crippen LogP contribution in [0.2, 0.25) is 0 Å². The molecule has 3 aromatic heterocycles. The van der Waals surface area contributed by atoms with Gasteiger partial charge < -0.3 is 24.7 Å². The Labute approximate surface area is 189 Å². The molecule has 4 rings (SSSR count). The van der Waals surface area contributed by atoms with Gasteiger partial charge in [-0.3, -0.25) is 9.59 Å². The molecule has 0 bridgehead atoms. The third-order valence-corrected chi connectivity index (χ3v) is 6.45. The fourth-order valence-electron chi connectivity index (χ4n) is 3.46. The summed E-state index contributed by atoms with van der Waals surface area (Å²) >= 11 is 1.48. The van der Waals surface area contributed by atoms with Gasteiger partial charge in [0.1, 0.15) is 22.3 Å². The van der Waals surface area contributed by atoms with E-state index in [0.717, 1.165) is 20.8 Å². The number of hydrogen-bond acceptors (Lipinski definition) is 6. The maximum absolute atomic E-state index is 13.0. The van der Waals surface area contributed by atoms with Gasteiger partial charge in [0.25, 0.3) is 5.91 Å². The highest BCUT2D eigenvalue weighted by atomic mass is 32.1. The van der Waals surface area contributed by atoms with E-state index < -0.39 is 6.10 Å². The van der Waals surface area contributed by atoms with Crippen LogP contribution in [0.5, 0.6) is 0 Å². The van der Waals surface area contributed by atoms with Gasteiger partial charge >= 0.3 is 0 Å². The Bertz CT molecular complexity index is 1270. The number of rotatable bonds is 8. The van der Waals surface area contributed by atoms with Gasteiger partial charge in [-0.1, -0.05) is 29.8 Å². The van der Waals surface area contributed by atoms with Gasteiger partial charge in [-0.15, -0.1) is 11.3 Å². The van der Waals surface area contributed by atoms with Gasteiger partial charge in [0, 0.05) is 37.8 Å². The van der Waals surface area contributed by atoms with Crippen LogP contribution in [0.25, 0.3) is 10.2 Å². The molecule has 0 saturated heterocycles. The van der Waals surface area contributed by atoms with Crippen LogP contribution < -0.4 is 16.1 Å². The number of fused-ring (bicyclic) bond motifs is 1. The average molecular weight is 452 g/mol. The molecule has 0 aliphatic carbocycles. The van der Waals surface area contributed by atoms with Crippen molar-refractivity contribution in [3.63, 3.8) is 0 Å². The largest absolute Gasteiger partial charge is 0.467 e. The fourth-order valence-corrected chi connectivity index (χ4v) is 4.52. The third kappa shape index (κ3) is 4.83. The second-order valence-electron chi connectivity index (χ2n) is 7.74. The number of benzene rings is 1. The van der Waals surface area contributed by atoms with Crippen molar-refractivity contribution in [1.29, 1.82) is 0 Å². The highest BCUT2D eigenvalue weighted by Crippen LogP contribution is 2.23. The molecule has 0 aliphatic rings. The van der Waals surface area contributed by atoms with Crippen LogP contribution in [-0.2, 0) is 20.1 Å². The standard InChI is InChI=1S/C24H25N3O4S/c1-15-5-7-16(8-6-15)11-26-23(30)19-14-27(2)24-18(22(19)29)10-17(32-24)12-25-13-20(28)21-4-3-9-31-21/h3-10,14,20,25,28H,11-13H2,1-2H3,(H,26,30). The lowest BCUT2D eigenvalue weighted by Gasteiger charge is -2.08. The van der Waals surface area contributed by atoms with Gasteiger partial charge in [0.05, 0.1) is 11.6 Å². The second-order valence-corrected chi connectivity index (χ2v) is 8.86. The molecule has 1 aromatic carbocycles. The molecule has 0 saturated carbocycles. The van der Waals surface area contributed by atoms with E-state index in [9.17, 15) is 14.7 Å². The summed E-state index contributed by atoms with van der Waals surface area (Å²) in [5.74, 6) is 0.115. The lowest BCUT2D eigenvalue weighted by Crippen LogP contribution is -2.29. The number of furan rings is 1. The number of nitrogens with zero attached hydrogens (tertiary/aromatic N) is 1. The van der Waals surface area contributed by atoms with Crippen LogP contribution in [-0.4, -0.2) is 22.1 Å². The quantitative estimate of drug-likeness (QED) is 0.382. The summed E-state index contributed by atoms with van der Waals surface area (Å²) in [7, 11) is 1.83. The van der Waals surface area contributed by atoms with Crippen LogP contribution in [0.4, 0.5) is 0 Å². The first-order valence-electron chi connectivity index (χ1n) is 10.3. The topological polar surface area (TPSA) is 96.5 Å². The number of aryl methyl sites for hydroxylation is 2. The lowest BCUT2D eigenvalue weighted by atomic mass is 10.1. The highest BCUT2D eigenvalue weighted by Gasteiger charge is 2.17. The van der Waals surface area contributed by atoms with E-state index in [2.05, 4.69) is 10.6 Å². The van der Waals surface area contributed by atoms with Crippen molar-refractivity contribution >= 4 is 27.5 Å². The van der Waals surface area contributed by atoms with Gasteiger partial charge in [-0.25, -0.2) is 0 Å². The van der Waals surface area contributed by atoms with E-state index in [1.807, 2.05) is 48.9 Å². The predicted octanol–water partition coefficient (Wildman–Crippen LogP) is 3.25. The number of pyridine rings is 1. The SMILES string of the molecule is Cc1ccc(CNC(=O)c2cn(C)c3sc(CNCC(O)c4ccco4)cc3c2=O)cc1. The van der Waals surface area contributed by atoms with Crippen LogP contribution in [0.3, 0.4) is 0 Å². The average Bonchev–Trinajstić information content (AvgIpc) is 3.46. The molecule has 1 amide bonds. The minimum Gasteiger partial charge on any atom is -0.467 e. The first kappa shape index (κ1) is 22.0. The molecule has 32 heavy (non-hydrogen) atoms. The zero-order valence-corrected chi connectivity index (χ0v) is 18.7. The van der Waals surface area contributed by atoms with Crippen molar-refractivity contribution in [3.8, 4) is 0 Å². The van der Waals surface area contributed by atoms with Gasteiger partial charge in [0.2, 0.25) is 5.43 Å². The van der Waals surface area contributed by atoms with Crippen molar-refractivity contribution in [2.45, 2.75) is 26.1 Å². The third-order valence-electron chi connectivity index (χ3n) is 5.22. The number of carbonyl (C=O) groups excluding carboxylic acids is 1. The van der Waals surface area contributed by atoms with E-state index in [-0.39, 0.29) is 16.9 Å². The van der Waals surface area contributed by atoms with E-state index in [0.29, 0.717) is 30.8 Å². The molecule has 7 nitrogen and oxygen atoms in total. The van der Waals surface area contributed by atoms with Crippen molar-refractivity contribution in [2.24, 2.45) is 7.05 Å². The predicted molar refractivity (Wildman–Crippen MR) is 125 cm³/mol. The molecule has 4 aromatic rings. The summed E-state index contributed by atoms with van der Waals surface area (Å²) in [5.41, 5.74) is 1.97. The summed E-state index contributed by atoms with van der Waals surface area (Å²) in [6.45, 7) is 3.18. The number of aliphatic hydroxyl groups excluding tert-OH is 1. The number of amides is 1. The Kier molecular flexibility index (Phi) is 6.55. The Balaban J connectivity index is 1.45. The van der Waals surface area contributed by atoms with E-state index in [1.165, 1.54) is 17.6 Å². The van der Waals surface area contributed by atoms with Crippen LogP contribution in [0, 0.1) is 6.92 Å². The van der Waals surface area contributed by atoms with Crippen molar-refractivity contribution in [3.05, 3.63) is 92.5 Å². The molecule has 3 heterocycles. The molecular formula is C24H25N3O4S. The Hall–Kier alpha value is -3.20. The summed E-state index contributed by atoms with van der Waals surface area (Å²) < 4.78 is 7.01. The van der Waals surface area contributed by atoms with Gasteiger partial charge in [0.15, 0.2) is 0 Å². The van der Waals surface area contributed by atoms with Crippen LogP contribution >= 0.6 is 11.3 Å². The zero-order valence-electron chi connectivity index (χ0n) is 17.9. The first-order chi connectivity index (χ1) is 15.4. The maximum atomic E-state index is 13.0. The van der Waals surface area contributed by atoms with Crippen LogP contribution in [0.15, 0.2) is 64.1 Å². The van der Waals surface area contributed by atoms with E-state index in [4.69, 9.17) is 4.42 Å². The van der Waals surface area contributed by atoms with Gasteiger partial charge in [-0.05, 0) is 30.7 Å². The van der Waals surface area contributed by atoms with Crippen molar-refractivity contribution in [1.82, 2.24) is 15.2 Å². The molecule has 0 fully saturated rings. The minimum absolute atomic E-state index is 0.123. The minimum atomic E-state index is -0.741. The summed E-state index contributed by atoms with van der Waals surface area (Å²) in [6, 6.07) is 13.2. The Morgan fingerprint density at radius 3 is 2.72 bits per heavy atom. The van der Waals surface area contributed by atoms with Crippen LogP contribution in [0.1, 0.15) is 38.2 Å². The summed E-state index contributed by atoms with van der Waals surface area (Å²) in [4.78, 5) is 27.4. The maximum Gasteiger partial charge on any atom is 0.257 e. The van der Waals surface area contributed by atoms with E-state index in [1.54, 1.807) is 18.3 Å². The van der Waals surface area contributed by atoms with E-state index >= 15 is 0 Å². The molecule has 3 N–H and O–H groups in total. The molecule has 1 unspecified atom stereocenters. The first-order valence-corrected chi connectivity index (χ1v) is 11.1. The molecule has 0 spiro atoms. The normalized spacial score (nSPS) is 12.2. The molecule has 0 radical (unpaired) electrons. The monoisotopic (exact) mass is 451 g/mol. The second kappa shape index (κ2) is 9.52. The molecule has 0 aliphatic heterocycles. The lowest BCUT2D eigenvalue weighted by molar-refractivity contribution is 0.0949. The number of aromatic nitrogens is 1. The number of carbonyl (C=O) groups is 1. The zero-order chi connectivity index (χ0) is 22.7. The smallest absolute Gasteiger partial charge is 0.257 e.